The van der Waals surface area contributed by atoms with Gasteiger partial charge in [-0.2, -0.15) is 0 Å². The van der Waals surface area contributed by atoms with E-state index in [1.54, 1.807) is 0 Å². The van der Waals surface area contributed by atoms with Crippen LogP contribution in [0.1, 0.15) is 16.6 Å². The van der Waals surface area contributed by atoms with E-state index in [0.717, 1.165) is 17.4 Å². The Bertz CT molecular complexity index is 479. The lowest BCUT2D eigenvalue weighted by molar-refractivity contribution is 0.0702. The molecule has 1 aromatic rings. The third-order valence-electron chi connectivity index (χ3n) is 1.84. The number of aromatic carboxylic acids is 1. The summed E-state index contributed by atoms with van der Waals surface area (Å²) in [6.45, 7) is 2.77. The van der Waals surface area contributed by atoms with E-state index in [2.05, 4.69) is 4.72 Å². The molecule has 0 fully saturated rings. The second kappa shape index (κ2) is 6.10. The average molecular weight is 279 g/mol. The van der Waals surface area contributed by atoms with Gasteiger partial charge in [0.2, 0.25) is 10.0 Å². The van der Waals surface area contributed by atoms with Crippen molar-refractivity contribution in [1.29, 1.82) is 0 Å². The number of ether oxygens (including phenoxy) is 1. The van der Waals surface area contributed by atoms with Gasteiger partial charge in [-0.15, -0.1) is 11.3 Å². The highest BCUT2D eigenvalue weighted by Crippen LogP contribution is 2.18. The molecular weight excluding hydrogens is 266 g/mol. The molecule has 0 amide bonds. The number of sulfonamides is 1. The van der Waals surface area contributed by atoms with Crippen LogP contribution in [0.2, 0.25) is 0 Å². The molecule has 96 valence electrons. The smallest absolute Gasteiger partial charge is 0.345 e. The number of rotatable bonds is 7. The summed E-state index contributed by atoms with van der Waals surface area (Å²) >= 11 is 0.878. The lowest BCUT2D eigenvalue weighted by atomic mass is 10.5. The second-order valence-corrected chi connectivity index (χ2v) is 5.72. The van der Waals surface area contributed by atoms with Gasteiger partial charge in [0.1, 0.15) is 4.88 Å². The fraction of sp³-hybridized carbons (Fsp3) is 0.444. The molecule has 6 nitrogen and oxygen atoms in total. The molecule has 1 aromatic heterocycles. The van der Waals surface area contributed by atoms with Crippen LogP contribution in [0.3, 0.4) is 0 Å². The maximum atomic E-state index is 11.7. The van der Waals surface area contributed by atoms with Crippen molar-refractivity contribution in [3.63, 3.8) is 0 Å². The highest BCUT2D eigenvalue weighted by atomic mass is 32.2. The first kappa shape index (κ1) is 14.1. The SMILES string of the molecule is CCOCCNS(=O)(=O)c1csc(C(=O)O)c1. The van der Waals surface area contributed by atoms with Gasteiger partial charge >= 0.3 is 5.97 Å². The van der Waals surface area contributed by atoms with Crippen molar-refractivity contribution in [3.05, 3.63) is 16.3 Å². The first-order valence-corrected chi connectivity index (χ1v) is 7.23. The van der Waals surface area contributed by atoms with Crippen LogP contribution in [-0.4, -0.2) is 39.3 Å². The molecule has 0 aliphatic heterocycles. The Balaban J connectivity index is 2.66. The van der Waals surface area contributed by atoms with Crippen LogP contribution >= 0.6 is 11.3 Å². The van der Waals surface area contributed by atoms with Gasteiger partial charge < -0.3 is 9.84 Å². The minimum atomic E-state index is -3.64. The van der Waals surface area contributed by atoms with Crippen molar-refractivity contribution in [2.24, 2.45) is 0 Å². The lowest BCUT2D eigenvalue weighted by Gasteiger charge is -2.04. The number of carboxylic acid groups (broad SMARTS) is 1. The van der Waals surface area contributed by atoms with Crippen LogP contribution in [-0.2, 0) is 14.8 Å². The predicted molar refractivity (Wildman–Crippen MR) is 63.0 cm³/mol. The number of hydrogen-bond acceptors (Lipinski definition) is 5. The summed E-state index contributed by atoms with van der Waals surface area (Å²) in [6.07, 6.45) is 0. The van der Waals surface area contributed by atoms with Crippen molar-refractivity contribution in [2.45, 2.75) is 11.8 Å². The third-order valence-corrected chi connectivity index (χ3v) is 4.35. The minimum Gasteiger partial charge on any atom is -0.477 e. The van der Waals surface area contributed by atoms with Crippen LogP contribution in [0.5, 0.6) is 0 Å². The summed E-state index contributed by atoms with van der Waals surface area (Å²) in [5.41, 5.74) is 0. The van der Waals surface area contributed by atoms with Gasteiger partial charge in [0.15, 0.2) is 0 Å². The molecule has 0 atom stereocenters. The predicted octanol–water partition coefficient (Wildman–Crippen LogP) is 0.761. The molecule has 1 heterocycles. The molecule has 0 aromatic carbocycles. The van der Waals surface area contributed by atoms with Crippen LogP contribution in [0.15, 0.2) is 16.3 Å². The number of hydrogen-bond donors (Lipinski definition) is 2. The summed E-state index contributed by atoms with van der Waals surface area (Å²) in [7, 11) is -3.64. The van der Waals surface area contributed by atoms with Crippen molar-refractivity contribution >= 4 is 27.3 Å². The van der Waals surface area contributed by atoms with Gasteiger partial charge in [0, 0.05) is 18.5 Å². The van der Waals surface area contributed by atoms with Gasteiger partial charge in [0.25, 0.3) is 0 Å². The summed E-state index contributed by atoms with van der Waals surface area (Å²) in [5, 5.41) is 9.98. The van der Waals surface area contributed by atoms with Gasteiger partial charge in [-0.3, -0.25) is 0 Å². The quantitative estimate of drug-likeness (QED) is 0.719. The number of carbonyl (C=O) groups is 1. The van der Waals surface area contributed by atoms with E-state index in [-0.39, 0.29) is 22.9 Å². The molecule has 0 saturated carbocycles. The van der Waals surface area contributed by atoms with E-state index in [4.69, 9.17) is 9.84 Å². The fourth-order valence-corrected chi connectivity index (χ4v) is 3.17. The van der Waals surface area contributed by atoms with Gasteiger partial charge in [-0.05, 0) is 13.0 Å². The van der Waals surface area contributed by atoms with Crippen molar-refractivity contribution in [3.8, 4) is 0 Å². The molecule has 0 saturated heterocycles. The molecule has 0 bridgehead atoms. The number of thiophene rings is 1. The maximum Gasteiger partial charge on any atom is 0.345 e. The summed E-state index contributed by atoms with van der Waals surface area (Å²) in [6, 6.07) is 1.13. The van der Waals surface area contributed by atoms with E-state index in [9.17, 15) is 13.2 Å². The Kier molecular flexibility index (Phi) is 5.06. The Morgan fingerprint density at radius 3 is 2.82 bits per heavy atom. The van der Waals surface area contributed by atoms with Crippen LogP contribution in [0.25, 0.3) is 0 Å². The molecule has 0 aliphatic rings. The number of nitrogens with one attached hydrogen (secondary N) is 1. The Morgan fingerprint density at radius 2 is 2.29 bits per heavy atom. The Labute approximate surface area is 103 Å². The van der Waals surface area contributed by atoms with Gasteiger partial charge in [-0.1, -0.05) is 0 Å². The number of carboxylic acids is 1. The van der Waals surface area contributed by atoms with Crippen LogP contribution in [0, 0.1) is 0 Å². The van der Waals surface area contributed by atoms with E-state index < -0.39 is 16.0 Å². The van der Waals surface area contributed by atoms with Crippen LogP contribution in [0.4, 0.5) is 0 Å². The zero-order valence-electron chi connectivity index (χ0n) is 9.17. The zero-order chi connectivity index (χ0) is 12.9. The van der Waals surface area contributed by atoms with Crippen LogP contribution < -0.4 is 4.72 Å². The first-order valence-electron chi connectivity index (χ1n) is 4.86. The summed E-state index contributed by atoms with van der Waals surface area (Å²) in [5.74, 6) is -1.13. The summed E-state index contributed by atoms with van der Waals surface area (Å²) in [4.78, 5) is 10.6. The highest BCUT2D eigenvalue weighted by molar-refractivity contribution is 7.89. The molecule has 17 heavy (non-hydrogen) atoms. The van der Waals surface area contributed by atoms with E-state index in [0.29, 0.717) is 6.61 Å². The standard InChI is InChI=1S/C9H13NO5S2/c1-2-15-4-3-10-17(13,14)7-5-8(9(11)12)16-6-7/h5-6,10H,2-4H2,1H3,(H,11,12). The first-order chi connectivity index (χ1) is 7.97. The average Bonchev–Trinajstić information content (AvgIpc) is 2.74. The largest absolute Gasteiger partial charge is 0.477 e. The van der Waals surface area contributed by atoms with Gasteiger partial charge in [0.05, 0.1) is 11.5 Å². The zero-order valence-corrected chi connectivity index (χ0v) is 10.8. The Hall–Kier alpha value is -0.960. The molecular formula is C9H13NO5S2. The lowest BCUT2D eigenvalue weighted by Crippen LogP contribution is -2.27. The second-order valence-electron chi connectivity index (χ2n) is 3.05. The van der Waals surface area contributed by atoms with Crippen molar-refractivity contribution in [1.82, 2.24) is 4.72 Å². The molecule has 0 radical (unpaired) electrons. The molecule has 0 unspecified atom stereocenters. The topological polar surface area (TPSA) is 92.7 Å². The molecule has 1 rings (SSSR count). The Morgan fingerprint density at radius 1 is 1.59 bits per heavy atom. The summed E-state index contributed by atoms with van der Waals surface area (Å²) < 4.78 is 30.7. The molecule has 0 aliphatic carbocycles. The molecule has 0 spiro atoms. The molecule has 8 heteroatoms. The van der Waals surface area contributed by atoms with Crippen molar-refractivity contribution in [2.75, 3.05) is 19.8 Å². The van der Waals surface area contributed by atoms with Gasteiger partial charge in [-0.25, -0.2) is 17.9 Å². The van der Waals surface area contributed by atoms with Crippen molar-refractivity contribution < 1.29 is 23.1 Å². The highest BCUT2D eigenvalue weighted by Gasteiger charge is 2.17. The third kappa shape index (κ3) is 4.08. The maximum absolute atomic E-state index is 11.7. The van der Waals surface area contributed by atoms with E-state index in [1.165, 1.54) is 5.38 Å². The monoisotopic (exact) mass is 279 g/mol. The molecule has 2 N–H and O–H groups in total. The van der Waals surface area contributed by atoms with E-state index >= 15 is 0 Å². The minimum absolute atomic E-state index is 0.00446. The fourth-order valence-electron chi connectivity index (χ4n) is 1.05. The van der Waals surface area contributed by atoms with E-state index in [1.807, 2.05) is 6.92 Å². The normalized spacial score (nSPS) is 11.6.